The molecule has 3 saturated carbocycles. The van der Waals surface area contributed by atoms with Crippen LogP contribution in [0.15, 0.2) is 0 Å². The van der Waals surface area contributed by atoms with Gasteiger partial charge in [0.1, 0.15) is 0 Å². The second-order valence-electron chi connectivity index (χ2n) is 12.0. The lowest BCUT2D eigenvalue weighted by molar-refractivity contribution is -0.127. The number of fused-ring (bicyclic) bond motifs is 2. The fourth-order valence-corrected chi connectivity index (χ4v) is 8.14. The van der Waals surface area contributed by atoms with Crippen LogP contribution < -0.4 is 22.1 Å². The number of nitrogens with zero attached hydrogens (tertiary/aromatic N) is 1. The minimum Gasteiger partial charge on any atom is -0.387 e. The number of rotatable bonds is 5. The van der Waals surface area contributed by atoms with Crippen molar-refractivity contribution in [1.29, 1.82) is 5.41 Å². The van der Waals surface area contributed by atoms with Gasteiger partial charge in [-0.1, -0.05) is 6.42 Å². The minimum absolute atomic E-state index is 0.0107. The number of nitrogens with two attached hydrogens (primary N) is 2. The van der Waals surface area contributed by atoms with Crippen LogP contribution in [0.25, 0.3) is 0 Å². The predicted octanol–water partition coefficient (Wildman–Crippen LogP) is 2.19. The van der Waals surface area contributed by atoms with Crippen LogP contribution in [0.5, 0.6) is 0 Å². The highest BCUT2D eigenvalue weighted by atomic mass is 16.2. The highest BCUT2D eigenvalue weighted by Crippen LogP contribution is 2.45. The molecule has 0 radical (unpaired) electrons. The lowest BCUT2D eigenvalue weighted by Crippen LogP contribution is -2.53. The molecule has 0 aromatic carbocycles. The Morgan fingerprint density at radius 2 is 1.82 bits per heavy atom. The molecule has 0 aromatic rings. The van der Waals surface area contributed by atoms with E-state index in [-0.39, 0.29) is 23.9 Å². The quantitative estimate of drug-likeness (QED) is 0.319. The Balaban J connectivity index is 1.31. The van der Waals surface area contributed by atoms with E-state index in [1.807, 2.05) is 0 Å². The Morgan fingerprint density at radius 3 is 2.61 bits per heavy atom. The third kappa shape index (κ3) is 5.10. The summed E-state index contributed by atoms with van der Waals surface area (Å²) in [6.07, 6.45) is 13.4. The summed E-state index contributed by atoms with van der Waals surface area (Å²) in [4.78, 5) is 16.2. The van der Waals surface area contributed by atoms with E-state index in [1.54, 1.807) is 0 Å². The lowest BCUT2D eigenvalue weighted by atomic mass is 9.68. The zero-order valence-electron chi connectivity index (χ0n) is 20.3. The molecule has 5 rings (SSSR count). The molecule has 2 saturated heterocycles. The standard InChI is InChI=1S/C26H46N6O/c27-20-6-8-21(9-7-20)31-26(33)24-12-16-4-5-17(25(28)29)13-23(16)32(24)15-19-3-1-2-18-14-30-11-10-22(18)19/h16-24,30H,1-15,27H2,(H3,28,29)(H,31,33). The highest BCUT2D eigenvalue weighted by Gasteiger charge is 2.49. The molecule has 7 N–H and O–H groups in total. The van der Waals surface area contributed by atoms with Gasteiger partial charge in [-0.05, 0) is 107 Å². The maximum Gasteiger partial charge on any atom is 0.237 e. The van der Waals surface area contributed by atoms with Gasteiger partial charge in [-0.2, -0.15) is 0 Å². The zero-order chi connectivity index (χ0) is 22.9. The zero-order valence-corrected chi connectivity index (χ0v) is 20.3. The van der Waals surface area contributed by atoms with Gasteiger partial charge in [0.2, 0.25) is 5.91 Å². The van der Waals surface area contributed by atoms with Crippen molar-refractivity contribution in [1.82, 2.24) is 15.5 Å². The number of nitrogens with one attached hydrogen (secondary N) is 3. The van der Waals surface area contributed by atoms with E-state index in [0.717, 1.165) is 76.3 Å². The Morgan fingerprint density at radius 1 is 1.00 bits per heavy atom. The van der Waals surface area contributed by atoms with Crippen LogP contribution >= 0.6 is 0 Å². The van der Waals surface area contributed by atoms with Gasteiger partial charge in [0.15, 0.2) is 0 Å². The van der Waals surface area contributed by atoms with Crippen LogP contribution in [0.4, 0.5) is 0 Å². The third-order valence-electron chi connectivity index (χ3n) is 10.0. The molecule has 2 aliphatic heterocycles. The summed E-state index contributed by atoms with van der Waals surface area (Å²) in [7, 11) is 0. The van der Waals surface area contributed by atoms with Crippen LogP contribution in [-0.4, -0.2) is 60.4 Å². The molecule has 0 aromatic heterocycles. The molecule has 5 aliphatic rings. The van der Waals surface area contributed by atoms with E-state index in [2.05, 4.69) is 15.5 Å². The molecular formula is C26H46N6O. The molecule has 7 heteroatoms. The SMILES string of the molecule is N=C(N)C1CCC2CC(C(=O)NC3CCC(N)CC3)N(CC3CCCC4CNCCC43)C2C1. The van der Waals surface area contributed by atoms with Crippen molar-refractivity contribution in [2.24, 2.45) is 41.1 Å². The molecule has 0 bridgehead atoms. The summed E-state index contributed by atoms with van der Waals surface area (Å²) < 4.78 is 0. The van der Waals surface area contributed by atoms with Crippen LogP contribution in [0, 0.1) is 35.0 Å². The average Bonchev–Trinajstić information content (AvgIpc) is 3.18. The van der Waals surface area contributed by atoms with Gasteiger partial charge >= 0.3 is 0 Å². The molecule has 7 unspecified atom stereocenters. The number of amidine groups is 1. The summed E-state index contributed by atoms with van der Waals surface area (Å²) in [5, 5.41) is 15.1. The molecule has 0 spiro atoms. The molecule has 33 heavy (non-hydrogen) atoms. The number of hydrogen-bond acceptors (Lipinski definition) is 5. The van der Waals surface area contributed by atoms with E-state index in [4.69, 9.17) is 16.9 Å². The van der Waals surface area contributed by atoms with E-state index in [0.29, 0.717) is 29.8 Å². The van der Waals surface area contributed by atoms with Crippen molar-refractivity contribution < 1.29 is 4.79 Å². The van der Waals surface area contributed by atoms with Gasteiger partial charge in [-0.25, -0.2) is 0 Å². The van der Waals surface area contributed by atoms with Gasteiger partial charge < -0.3 is 22.1 Å². The number of likely N-dealkylation sites (tertiary alicyclic amines) is 1. The first-order valence-electron chi connectivity index (χ1n) is 13.9. The summed E-state index contributed by atoms with van der Waals surface area (Å²) in [6.45, 7) is 3.37. The maximum absolute atomic E-state index is 13.6. The predicted molar refractivity (Wildman–Crippen MR) is 132 cm³/mol. The number of amides is 1. The number of carbonyl (C=O) groups is 1. The number of hydrogen-bond donors (Lipinski definition) is 5. The van der Waals surface area contributed by atoms with Crippen molar-refractivity contribution in [3.05, 3.63) is 0 Å². The summed E-state index contributed by atoms with van der Waals surface area (Å²) >= 11 is 0. The molecule has 5 fully saturated rings. The van der Waals surface area contributed by atoms with Gasteiger partial charge in [0.05, 0.1) is 11.9 Å². The average molecular weight is 459 g/mol. The largest absolute Gasteiger partial charge is 0.387 e. The van der Waals surface area contributed by atoms with Crippen molar-refractivity contribution in [3.8, 4) is 0 Å². The first kappa shape index (κ1) is 23.6. The van der Waals surface area contributed by atoms with E-state index in [1.165, 1.54) is 32.2 Å². The molecular weight excluding hydrogens is 412 g/mol. The molecule has 3 aliphatic carbocycles. The van der Waals surface area contributed by atoms with Crippen molar-refractivity contribution in [3.63, 3.8) is 0 Å². The summed E-state index contributed by atoms with van der Waals surface area (Å²) in [5.74, 6) is 3.67. The Hall–Kier alpha value is -1.18. The molecule has 7 atom stereocenters. The van der Waals surface area contributed by atoms with Crippen molar-refractivity contribution >= 4 is 11.7 Å². The second-order valence-corrected chi connectivity index (χ2v) is 12.0. The summed E-state index contributed by atoms with van der Waals surface area (Å²) in [6, 6.07) is 0.987. The topological polar surface area (TPSA) is 120 Å². The van der Waals surface area contributed by atoms with Gasteiger partial charge in [-0.3, -0.25) is 15.1 Å². The first-order chi connectivity index (χ1) is 16.0. The second kappa shape index (κ2) is 10.2. The monoisotopic (exact) mass is 458 g/mol. The highest BCUT2D eigenvalue weighted by molar-refractivity contribution is 5.83. The smallest absolute Gasteiger partial charge is 0.237 e. The maximum atomic E-state index is 13.6. The molecule has 2 heterocycles. The van der Waals surface area contributed by atoms with Crippen LogP contribution in [-0.2, 0) is 4.79 Å². The fraction of sp³-hybridized carbons (Fsp3) is 0.923. The van der Waals surface area contributed by atoms with E-state index < -0.39 is 0 Å². The first-order valence-corrected chi connectivity index (χ1v) is 13.9. The van der Waals surface area contributed by atoms with Crippen LogP contribution in [0.1, 0.15) is 77.0 Å². The van der Waals surface area contributed by atoms with E-state index >= 15 is 0 Å². The lowest BCUT2D eigenvalue weighted by Gasteiger charge is -2.45. The van der Waals surface area contributed by atoms with Crippen LogP contribution in [0.3, 0.4) is 0 Å². The molecule has 7 nitrogen and oxygen atoms in total. The number of piperidine rings is 1. The van der Waals surface area contributed by atoms with Crippen molar-refractivity contribution in [2.75, 3.05) is 19.6 Å². The normalized spacial score (nSPS) is 44.0. The van der Waals surface area contributed by atoms with Gasteiger partial charge in [0, 0.05) is 30.6 Å². The Bertz CT molecular complexity index is 705. The fourth-order valence-electron chi connectivity index (χ4n) is 8.14. The van der Waals surface area contributed by atoms with Crippen LogP contribution in [0.2, 0.25) is 0 Å². The van der Waals surface area contributed by atoms with Gasteiger partial charge in [-0.15, -0.1) is 0 Å². The van der Waals surface area contributed by atoms with Gasteiger partial charge in [0.25, 0.3) is 0 Å². The number of carbonyl (C=O) groups excluding carboxylic acids is 1. The van der Waals surface area contributed by atoms with E-state index in [9.17, 15) is 4.79 Å². The Kier molecular flexibility index (Phi) is 7.29. The third-order valence-corrected chi connectivity index (χ3v) is 10.0. The Labute approximate surface area is 199 Å². The minimum atomic E-state index is -0.0107. The van der Waals surface area contributed by atoms with Crippen molar-refractivity contribution in [2.45, 2.75) is 101 Å². The summed E-state index contributed by atoms with van der Waals surface area (Å²) in [5.41, 5.74) is 12.1. The molecule has 186 valence electrons. The molecule has 1 amide bonds.